The van der Waals surface area contributed by atoms with Crippen LogP contribution in [0.2, 0.25) is 0 Å². The number of carbonyl (C=O) groups excluding carboxylic acids is 2. The van der Waals surface area contributed by atoms with E-state index in [-0.39, 0.29) is 25.2 Å². The predicted octanol–water partition coefficient (Wildman–Crippen LogP) is 16.3. The summed E-state index contributed by atoms with van der Waals surface area (Å²) >= 11 is 0. The molecule has 1 unspecified atom stereocenters. The molecular weight excluding hydrogens is 717 g/mol. The molecule has 0 aliphatic heterocycles. The van der Waals surface area contributed by atoms with Crippen molar-refractivity contribution < 1.29 is 23.8 Å². The molecule has 0 saturated heterocycles. The Hall–Kier alpha value is -2.66. The van der Waals surface area contributed by atoms with Gasteiger partial charge in [-0.3, -0.25) is 9.59 Å². The number of carbonyl (C=O) groups is 2. The average molecular weight is 809 g/mol. The van der Waals surface area contributed by atoms with Crippen LogP contribution in [-0.4, -0.2) is 37.9 Å². The van der Waals surface area contributed by atoms with E-state index < -0.39 is 6.10 Å². The third-order valence-electron chi connectivity index (χ3n) is 10.1. The van der Waals surface area contributed by atoms with E-state index in [1.807, 2.05) is 0 Å². The maximum atomic E-state index is 12.8. The summed E-state index contributed by atoms with van der Waals surface area (Å²) < 4.78 is 17.3. The van der Waals surface area contributed by atoms with Gasteiger partial charge in [-0.2, -0.15) is 0 Å². The second-order valence-corrected chi connectivity index (χ2v) is 16.0. The molecule has 0 aliphatic rings. The molecule has 0 aromatic rings. The molecule has 0 fully saturated rings. The first-order valence-corrected chi connectivity index (χ1v) is 24.5. The molecule has 58 heavy (non-hydrogen) atoms. The van der Waals surface area contributed by atoms with E-state index >= 15 is 0 Å². The minimum Gasteiger partial charge on any atom is -0.462 e. The summed E-state index contributed by atoms with van der Waals surface area (Å²) in [6.45, 7) is 7.62. The maximum Gasteiger partial charge on any atom is 0.306 e. The van der Waals surface area contributed by atoms with Crippen molar-refractivity contribution in [1.82, 2.24) is 0 Å². The topological polar surface area (TPSA) is 61.8 Å². The van der Waals surface area contributed by atoms with Crippen LogP contribution in [0.25, 0.3) is 0 Å². The van der Waals surface area contributed by atoms with Crippen LogP contribution in [-0.2, 0) is 23.8 Å². The van der Waals surface area contributed by atoms with Crippen LogP contribution in [0.5, 0.6) is 0 Å². The van der Waals surface area contributed by atoms with Gasteiger partial charge in [0.15, 0.2) is 6.10 Å². The number of rotatable bonds is 44. The molecule has 5 nitrogen and oxygen atoms in total. The standard InChI is InChI=1S/C53H92O5/c1-4-7-10-13-16-19-22-25-27-29-31-34-37-40-43-46-52(54)57-50-51(49-56-48-45-42-39-36-33-30-26-23-20-17-14-11-8-5-2)58-53(55)47-44-41-38-35-32-28-24-21-18-15-12-9-6-3/h11-12,14-16,19-21,23-25,27,51H,4-10,13,17-18,22,26,28-50H2,1-3H3/b14-11-,15-12-,19-16-,23-20-,24-21-,27-25-. The lowest BCUT2D eigenvalue weighted by molar-refractivity contribution is -0.163. The summed E-state index contributed by atoms with van der Waals surface area (Å²) in [4.78, 5) is 25.3. The molecule has 0 heterocycles. The van der Waals surface area contributed by atoms with Gasteiger partial charge in [0.2, 0.25) is 0 Å². The molecule has 0 amide bonds. The lowest BCUT2D eigenvalue weighted by Crippen LogP contribution is -2.30. The zero-order valence-corrected chi connectivity index (χ0v) is 38.3. The summed E-state index contributed by atoms with van der Waals surface area (Å²) in [6.07, 6.45) is 61.8. The second-order valence-electron chi connectivity index (χ2n) is 16.0. The Balaban J connectivity index is 4.33. The second kappa shape index (κ2) is 48.7. The van der Waals surface area contributed by atoms with Gasteiger partial charge in [-0.1, -0.05) is 184 Å². The van der Waals surface area contributed by atoms with Crippen LogP contribution < -0.4 is 0 Å². The summed E-state index contributed by atoms with van der Waals surface area (Å²) in [6, 6.07) is 0. The molecule has 0 radical (unpaired) electrons. The number of hydrogen-bond donors (Lipinski definition) is 0. The Morgan fingerprint density at radius 2 is 0.759 bits per heavy atom. The number of allylic oxidation sites excluding steroid dienone is 12. The van der Waals surface area contributed by atoms with Crippen LogP contribution in [0.1, 0.15) is 226 Å². The van der Waals surface area contributed by atoms with Crippen LogP contribution in [0.15, 0.2) is 72.9 Å². The number of esters is 2. The Bertz CT molecular complexity index is 1050. The van der Waals surface area contributed by atoms with Gasteiger partial charge < -0.3 is 14.2 Å². The Morgan fingerprint density at radius 1 is 0.379 bits per heavy atom. The molecule has 0 aliphatic carbocycles. The van der Waals surface area contributed by atoms with E-state index in [1.54, 1.807) is 0 Å². The van der Waals surface area contributed by atoms with Gasteiger partial charge in [0.1, 0.15) is 6.61 Å². The fraction of sp³-hybridized carbons (Fsp3) is 0.736. The van der Waals surface area contributed by atoms with Crippen LogP contribution in [0, 0.1) is 0 Å². The Labute approximate surface area is 359 Å². The zero-order valence-electron chi connectivity index (χ0n) is 38.3. The quantitative estimate of drug-likeness (QED) is 0.0348. The SMILES string of the molecule is CCC/C=C\C/C=C\CCCCCCCCOCC(COC(=O)CCCCCCC/C=C\C/C=C\CCCCC)OC(=O)CCCCCCC/C=C\C/C=C\CCC. The summed E-state index contributed by atoms with van der Waals surface area (Å²) in [7, 11) is 0. The summed E-state index contributed by atoms with van der Waals surface area (Å²) in [5.41, 5.74) is 0. The highest BCUT2D eigenvalue weighted by Gasteiger charge is 2.17. The van der Waals surface area contributed by atoms with Crippen LogP contribution in [0.4, 0.5) is 0 Å². The largest absolute Gasteiger partial charge is 0.462 e. The van der Waals surface area contributed by atoms with Gasteiger partial charge >= 0.3 is 11.9 Å². The lowest BCUT2D eigenvalue weighted by atomic mass is 10.1. The first kappa shape index (κ1) is 55.3. The molecular formula is C53H92O5. The highest BCUT2D eigenvalue weighted by Crippen LogP contribution is 2.13. The monoisotopic (exact) mass is 809 g/mol. The first-order chi connectivity index (χ1) is 28.6. The number of hydrogen-bond acceptors (Lipinski definition) is 5. The van der Waals surface area contributed by atoms with Gasteiger partial charge in [-0.15, -0.1) is 0 Å². The molecule has 0 aromatic heterocycles. The molecule has 334 valence electrons. The van der Waals surface area contributed by atoms with Gasteiger partial charge in [0, 0.05) is 19.4 Å². The molecule has 0 rings (SSSR count). The van der Waals surface area contributed by atoms with Crippen molar-refractivity contribution in [1.29, 1.82) is 0 Å². The van der Waals surface area contributed by atoms with Gasteiger partial charge in [-0.05, 0) is 103 Å². The highest BCUT2D eigenvalue weighted by molar-refractivity contribution is 5.70. The Kier molecular flexibility index (Phi) is 46.5. The van der Waals surface area contributed by atoms with E-state index in [1.165, 1.54) is 103 Å². The number of ether oxygens (including phenoxy) is 3. The van der Waals surface area contributed by atoms with Crippen molar-refractivity contribution in [2.24, 2.45) is 0 Å². The third-order valence-corrected chi connectivity index (χ3v) is 10.1. The van der Waals surface area contributed by atoms with Gasteiger partial charge in [0.25, 0.3) is 0 Å². The highest BCUT2D eigenvalue weighted by atomic mass is 16.6. The minimum absolute atomic E-state index is 0.0657. The van der Waals surface area contributed by atoms with E-state index in [9.17, 15) is 9.59 Å². The number of unbranched alkanes of at least 4 members (excludes halogenated alkanes) is 21. The van der Waals surface area contributed by atoms with Crippen molar-refractivity contribution in [3.05, 3.63) is 72.9 Å². The van der Waals surface area contributed by atoms with E-state index in [0.29, 0.717) is 19.4 Å². The molecule has 0 N–H and O–H groups in total. The summed E-state index contributed by atoms with van der Waals surface area (Å²) in [5, 5.41) is 0. The van der Waals surface area contributed by atoms with Crippen LogP contribution >= 0.6 is 0 Å². The zero-order chi connectivity index (χ0) is 42.1. The van der Waals surface area contributed by atoms with Gasteiger partial charge in [0.05, 0.1) is 6.61 Å². The third kappa shape index (κ3) is 46.0. The van der Waals surface area contributed by atoms with Crippen molar-refractivity contribution >= 4 is 11.9 Å². The predicted molar refractivity (Wildman–Crippen MR) is 251 cm³/mol. The fourth-order valence-corrected chi connectivity index (χ4v) is 6.50. The first-order valence-electron chi connectivity index (χ1n) is 24.5. The fourth-order valence-electron chi connectivity index (χ4n) is 6.50. The smallest absolute Gasteiger partial charge is 0.306 e. The van der Waals surface area contributed by atoms with Gasteiger partial charge in [-0.25, -0.2) is 0 Å². The van der Waals surface area contributed by atoms with Crippen molar-refractivity contribution in [3.63, 3.8) is 0 Å². The normalized spacial score (nSPS) is 12.8. The van der Waals surface area contributed by atoms with Crippen molar-refractivity contribution in [2.75, 3.05) is 19.8 Å². The average Bonchev–Trinajstić information content (AvgIpc) is 3.22. The van der Waals surface area contributed by atoms with E-state index in [0.717, 1.165) is 89.9 Å². The molecule has 1 atom stereocenters. The van der Waals surface area contributed by atoms with Crippen LogP contribution in [0.3, 0.4) is 0 Å². The molecule has 0 bridgehead atoms. The Morgan fingerprint density at radius 3 is 1.21 bits per heavy atom. The summed E-state index contributed by atoms with van der Waals surface area (Å²) in [5.74, 6) is -0.436. The van der Waals surface area contributed by atoms with Crippen molar-refractivity contribution in [2.45, 2.75) is 232 Å². The molecule has 0 saturated carbocycles. The molecule has 5 heteroatoms. The van der Waals surface area contributed by atoms with E-state index in [4.69, 9.17) is 14.2 Å². The van der Waals surface area contributed by atoms with E-state index in [2.05, 4.69) is 93.7 Å². The molecule has 0 spiro atoms. The molecule has 0 aromatic carbocycles. The van der Waals surface area contributed by atoms with Crippen molar-refractivity contribution in [3.8, 4) is 0 Å². The maximum absolute atomic E-state index is 12.8. The lowest BCUT2D eigenvalue weighted by Gasteiger charge is -2.18. The minimum atomic E-state index is -0.556.